The Morgan fingerprint density at radius 2 is 1.78 bits per heavy atom. The van der Waals surface area contributed by atoms with E-state index in [0.29, 0.717) is 0 Å². The fourth-order valence-electron chi connectivity index (χ4n) is 0.870. The molecule has 0 bridgehead atoms. The molecular formula is C5H12N2OS. The molecular weight excluding hydrogens is 136 g/mol. The van der Waals surface area contributed by atoms with E-state index >= 15 is 0 Å². The summed E-state index contributed by atoms with van der Waals surface area (Å²) >= 11 is 0.854. The Balaban J connectivity index is 2.18. The molecule has 1 aliphatic heterocycles. The van der Waals surface area contributed by atoms with Crippen LogP contribution in [0.25, 0.3) is 0 Å². The molecule has 0 aromatic heterocycles. The van der Waals surface area contributed by atoms with Crippen molar-refractivity contribution >= 4 is 12.2 Å². The summed E-state index contributed by atoms with van der Waals surface area (Å²) in [5.41, 5.74) is 0. The first-order valence-corrected chi connectivity index (χ1v) is 3.81. The van der Waals surface area contributed by atoms with Crippen LogP contribution in [0.1, 0.15) is 0 Å². The molecule has 0 aromatic rings. The van der Waals surface area contributed by atoms with Gasteiger partial charge >= 0.3 is 0 Å². The highest BCUT2D eigenvalue weighted by Crippen LogP contribution is 2.07. The van der Waals surface area contributed by atoms with E-state index < -0.39 is 0 Å². The van der Waals surface area contributed by atoms with Crippen molar-refractivity contribution in [3.05, 3.63) is 0 Å². The zero-order valence-electron chi connectivity index (χ0n) is 5.58. The van der Waals surface area contributed by atoms with E-state index in [9.17, 15) is 0 Å². The van der Waals surface area contributed by atoms with E-state index in [2.05, 4.69) is 11.9 Å². The molecule has 1 N–H and O–H groups in total. The lowest BCUT2D eigenvalue weighted by Gasteiger charge is -2.29. The third-order valence-corrected chi connectivity index (χ3v) is 2.17. The van der Waals surface area contributed by atoms with Gasteiger partial charge in [0.2, 0.25) is 0 Å². The van der Waals surface area contributed by atoms with E-state index in [1.165, 1.54) is 0 Å². The molecule has 0 atom stereocenters. The molecule has 1 rings (SSSR count). The quantitative estimate of drug-likeness (QED) is 0.429. The van der Waals surface area contributed by atoms with Gasteiger partial charge in [-0.3, -0.25) is 0 Å². The molecule has 1 saturated heterocycles. The van der Waals surface area contributed by atoms with E-state index in [0.717, 1.165) is 38.4 Å². The van der Waals surface area contributed by atoms with Crippen molar-refractivity contribution in [1.82, 2.24) is 9.21 Å². The first kappa shape index (κ1) is 7.34. The predicted molar refractivity (Wildman–Crippen MR) is 39.3 cm³/mol. The van der Waals surface area contributed by atoms with Gasteiger partial charge in [0.15, 0.2) is 0 Å². The third kappa shape index (κ3) is 2.14. The molecule has 0 spiro atoms. The number of hydrogen-bond acceptors (Lipinski definition) is 4. The molecule has 0 unspecified atom stereocenters. The van der Waals surface area contributed by atoms with Crippen LogP contribution in [0, 0.1) is 0 Å². The zero-order valence-corrected chi connectivity index (χ0v) is 6.39. The van der Waals surface area contributed by atoms with Gasteiger partial charge in [-0.25, -0.2) is 4.31 Å². The van der Waals surface area contributed by atoms with Crippen molar-refractivity contribution in [2.75, 3.05) is 33.2 Å². The van der Waals surface area contributed by atoms with Crippen molar-refractivity contribution in [2.24, 2.45) is 0 Å². The highest BCUT2D eigenvalue weighted by Gasteiger charge is 2.12. The Bertz CT molecular complexity index is 83.0. The molecule has 0 radical (unpaired) electrons. The van der Waals surface area contributed by atoms with Crippen LogP contribution in [-0.4, -0.2) is 47.0 Å². The first-order valence-electron chi connectivity index (χ1n) is 3.08. The van der Waals surface area contributed by atoms with Gasteiger partial charge < -0.3 is 9.45 Å². The molecule has 9 heavy (non-hydrogen) atoms. The topological polar surface area (TPSA) is 26.7 Å². The lowest BCUT2D eigenvalue weighted by Crippen LogP contribution is -2.40. The maximum absolute atomic E-state index is 8.60. The standard InChI is InChI=1S/C5H12N2OS/c1-6-2-4-7(9-8)5-3-6/h8H,2-5H2,1H3. The maximum atomic E-state index is 8.60. The van der Waals surface area contributed by atoms with Crippen LogP contribution in [0.5, 0.6) is 0 Å². The molecule has 3 nitrogen and oxygen atoms in total. The highest BCUT2D eigenvalue weighted by atomic mass is 32.2. The monoisotopic (exact) mass is 148 g/mol. The number of nitrogens with zero attached hydrogens (tertiary/aromatic N) is 2. The number of piperazine rings is 1. The van der Waals surface area contributed by atoms with Gasteiger partial charge in [-0.05, 0) is 7.05 Å². The minimum atomic E-state index is 0.854. The molecule has 0 amide bonds. The molecule has 1 fully saturated rings. The largest absolute Gasteiger partial charge is 0.317 e. The second kappa shape index (κ2) is 3.41. The van der Waals surface area contributed by atoms with Crippen molar-refractivity contribution < 1.29 is 4.55 Å². The summed E-state index contributed by atoms with van der Waals surface area (Å²) in [6, 6.07) is 0. The first-order chi connectivity index (χ1) is 4.33. The van der Waals surface area contributed by atoms with Crippen LogP contribution in [0.4, 0.5) is 0 Å². The maximum Gasteiger partial charge on any atom is 0.0791 e. The fourth-order valence-corrected chi connectivity index (χ4v) is 1.20. The van der Waals surface area contributed by atoms with Crippen LogP contribution in [0.15, 0.2) is 0 Å². The minimum Gasteiger partial charge on any atom is -0.317 e. The summed E-state index contributed by atoms with van der Waals surface area (Å²) in [6.07, 6.45) is 0. The van der Waals surface area contributed by atoms with Crippen molar-refractivity contribution in [3.63, 3.8) is 0 Å². The lowest BCUT2D eigenvalue weighted by molar-refractivity contribution is 0.228. The summed E-state index contributed by atoms with van der Waals surface area (Å²) in [5.74, 6) is 0. The Kier molecular flexibility index (Phi) is 2.78. The second-order valence-corrected chi connectivity index (χ2v) is 2.99. The summed E-state index contributed by atoms with van der Waals surface area (Å²) < 4.78 is 10.6. The summed E-state index contributed by atoms with van der Waals surface area (Å²) in [6.45, 7) is 4.07. The van der Waals surface area contributed by atoms with Crippen molar-refractivity contribution in [3.8, 4) is 0 Å². The van der Waals surface area contributed by atoms with Gasteiger partial charge in [0, 0.05) is 26.2 Å². The highest BCUT2D eigenvalue weighted by molar-refractivity contribution is 7.91. The molecule has 0 aliphatic carbocycles. The summed E-state index contributed by atoms with van der Waals surface area (Å²) in [4.78, 5) is 2.26. The number of hydrogen-bond donors (Lipinski definition) is 1. The van der Waals surface area contributed by atoms with E-state index in [4.69, 9.17) is 4.55 Å². The molecule has 1 aliphatic rings. The van der Waals surface area contributed by atoms with Crippen LogP contribution in [-0.2, 0) is 0 Å². The van der Waals surface area contributed by atoms with Gasteiger partial charge in [0.25, 0.3) is 0 Å². The molecule has 0 aromatic carbocycles. The van der Waals surface area contributed by atoms with E-state index in [1.54, 1.807) is 0 Å². The Morgan fingerprint density at radius 3 is 2.22 bits per heavy atom. The predicted octanol–water partition coefficient (Wildman–Crippen LogP) is 0.355. The van der Waals surface area contributed by atoms with Gasteiger partial charge in [-0.1, -0.05) is 0 Å². The fraction of sp³-hybridized carbons (Fsp3) is 1.00. The van der Waals surface area contributed by atoms with Crippen LogP contribution in [0.3, 0.4) is 0 Å². The van der Waals surface area contributed by atoms with Crippen molar-refractivity contribution in [2.45, 2.75) is 0 Å². The minimum absolute atomic E-state index is 0.854. The Hall–Kier alpha value is 0.230. The summed E-state index contributed by atoms with van der Waals surface area (Å²) in [7, 11) is 2.10. The lowest BCUT2D eigenvalue weighted by atomic mass is 10.4. The Morgan fingerprint density at radius 1 is 1.22 bits per heavy atom. The average molecular weight is 148 g/mol. The average Bonchev–Trinajstić information content (AvgIpc) is 1.90. The van der Waals surface area contributed by atoms with Crippen LogP contribution < -0.4 is 0 Å². The summed E-state index contributed by atoms with van der Waals surface area (Å²) in [5, 5.41) is 0. The van der Waals surface area contributed by atoms with E-state index in [-0.39, 0.29) is 0 Å². The third-order valence-electron chi connectivity index (χ3n) is 1.58. The molecule has 1 heterocycles. The molecule has 0 saturated carbocycles. The van der Waals surface area contributed by atoms with Gasteiger partial charge in [-0.2, -0.15) is 0 Å². The van der Waals surface area contributed by atoms with Gasteiger partial charge in [0.1, 0.15) is 0 Å². The normalized spacial score (nSPS) is 24.7. The molecule has 54 valence electrons. The SMILES string of the molecule is CN1CCN(SO)CC1. The zero-order chi connectivity index (χ0) is 6.69. The van der Waals surface area contributed by atoms with Gasteiger partial charge in [-0.15, -0.1) is 0 Å². The second-order valence-electron chi connectivity index (χ2n) is 2.31. The van der Waals surface area contributed by atoms with Crippen LogP contribution in [0.2, 0.25) is 0 Å². The number of likely N-dealkylation sites (N-methyl/N-ethyl adjacent to an activating group) is 1. The van der Waals surface area contributed by atoms with Gasteiger partial charge in [0.05, 0.1) is 12.2 Å². The van der Waals surface area contributed by atoms with Crippen molar-refractivity contribution in [1.29, 1.82) is 0 Å². The molecule has 4 heteroatoms. The Labute approximate surface area is 60.0 Å². The van der Waals surface area contributed by atoms with E-state index in [1.807, 2.05) is 4.31 Å². The number of rotatable bonds is 1. The van der Waals surface area contributed by atoms with Crippen LogP contribution >= 0.6 is 12.2 Å². The smallest absolute Gasteiger partial charge is 0.0791 e.